The topological polar surface area (TPSA) is 54.3 Å². The minimum Gasteiger partial charge on any atom is -0.350 e. The van der Waals surface area contributed by atoms with E-state index in [1.165, 1.54) is 4.90 Å². The Hall–Kier alpha value is -2.82. The number of likely N-dealkylation sites (N-methyl/N-ethyl adjacent to an activating group) is 1. The highest BCUT2D eigenvalue weighted by atomic mass is 16.2. The molecule has 0 unspecified atom stereocenters. The Morgan fingerprint density at radius 2 is 1.79 bits per heavy atom. The van der Waals surface area contributed by atoms with Gasteiger partial charge in [0.15, 0.2) is 0 Å². The molecule has 28 heavy (non-hydrogen) atoms. The van der Waals surface area contributed by atoms with Gasteiger partial charge in [-0.1, -0.05) is 18.2 Å². The molecule has 0 bridgehead atoms. The van der Waals surface area contributed by atoms with Crippen molar-refractivity contribution in [1.29, 1.82) is 0 Å². The molecule has 0 aliphatic carbocycles. The van der Waals surface area contributed by atoms with Crippen LogP contribution in [0.15, 0.2) is 42.5 Å². The Kier molecular flexibility index (Phi) is 6.84. The molecular weight excluding hydrogens is 350 g/mol. The number of hydrogen-bond acceptors (Lipinski definition) is 2. The molecule has 2 aromatic rings. The lowest BCUT2D eigenvalue weighted by molar-refractivity contribution is -0.132. The normalized spacial score (nSPS) is 11.6. The van der Waals surface area contributed by atoms with E-state index in [0.717, 1.165) is 22.6 Å². The van der Waals surface area contributed by atoms with Crippen molar-refractivity contribution in [3.63, 3.8) is 0 Å². The lowest BCUT2D eigenvalue weighted by Gasteiger charge is -2.24. The number of nitrogens with one attached hydrogen (secondary N) is 1. The zero-order valence-electron chi connectivity index (χ0n) is 17.7. The van der Waals surface area contributed by atoms with Gasteiger partial charge in [0, 0.05) is 35.2 Å². The number of rotatable bonds is 6. The molecule has 0 spiro atoms. The van der Waals surface area contributed by atoms with Crippen LogP contribution in [0.2, 0.25) is 0 Å². The van der Waals surface area contributed by atoms with Crippen molar-refractivity contribution in [1.82, 2.24) is 14.8 Å². The quantitative estimate of drug-likeness (QED) is 0.772. The van der Waals surface area contributed by atoms with E-state index in [1.807, 2.05) is 65.8 Å². The van der Waals surface area contributed by atoms with Crippen LogP contribution in [0.25, 0.3) is 11.8 Å². The predicted molar refractivity (Wildman–Crippen MR) is 114 cm³/mol. The van der Waals surface area contributed by atoms with Gasteiger partial charge in [0.25, 0.3) is 0 Å². The fourth-order valence-electron chi connectivity index (χ4n) is 3.17. The van der Waals surface area contributed by atoms with E-state index in [4.69, 9.17) is 0 Å². The summed E-state index contributed by atoms with van der Waals surface area (Å²) in [7, 11) is 0. The average molecular weight is 382 g/mol. The molecule has 0 aliphatic heterocycles. The summed E-state index contributed by atoms with van der Waals surface area (Å²) in [6.07, 6.45) is 3.37. The van der Waals surface area contributed by atoms with Crippen molar-refractivity contribution in [3.05, 3.63) is 59.4 Å². The van der Waals surface area contributed by atoms with Gasteiger partial charge in [-0.3, -0.25) is 9.59 Å². The predicted octanol–water partition coefficient (Wildman–Crippen LogP) is 3.87. The van der Waals surface area contributed by atoms with Crippen LogP contribution in [0, 0.1) is 13.8 Å². The highest BCUT2D eigenvalue weighted by molar-refractivity contribution is 5.94. The molecule has 1 aromatic carbocycles. The van der Waals surface area contributed by atoms with Crippen LogP contribution < -0.4 is 5.32 Å². The zero-order valence-corrected chi connectivity index (χ0v) is 17.7. The van der Waals surface area contributed by atoms with Crippen LogP contribution in [-0.4, -0.2) is 39.9 Å². The Morgan fingerprint density at radius 1 is 1.14 bits per heavy atom. The summed E-state index contributed by atoms with van der Waals surface area (Å²) in [6, 6.07) is 12.2. The van der Waals surface area contributed by atoms with Crippen LogP contribution in [0.5, 0.6) is 0 Å². The molecular formula is C23H31N3O2. The van der Waals surface area contributed by atoms with Gasteiger partial charge >= 0.3 is 0 Å². The van der Waals surface area contributed by atoms with Gasteiger partial charge in [0.1, 0.15) is 0 Å². The standard InChI is InChI=1S/C23H31N3O2/c1-7-25(16-21(27)24-23(4,5)6)22(28)14-13-19-15-17(2)26(18(19)3)20-11-9-8-10-12-20/h8-15H,7,16H2,1-6H3,(H,24,27)/b14-13+. The van der Waals surface area contributed by atoms with Crippen LogP contribution in [-0.2, 0) is 9.59 Å². The summed E-state index contributed by atoms with van der Waals surface area (Å²) < 4.78 is 2.17. The van der Waals surface area contributed by atoms with Gasteiger partial charge in [-0.25, -0.2) is 0 Å². The Morgan fingerprint density at radius 3 is 2.36 bits per heavy atom. The van der Waals surface area contributed by atoms with Crippen molar-refractivity contribution >= 4 is 17.9 Å². The van der Waals surface area contributed by atoms with Crippen molar-refractivity contribution in [3.8, 4) is 5.69 Å². The molecule has 0 atom stereocenters. The Bertz CT molecular complexity index is 858. The van der Waals surface area contributed by atoms with Crippen molar-refractivity contribution in [2.75, 3.05) is 13.1 Å². The lowest BCUT2D eigenvalue weighted by Crippen LogP contribution is -2.47. The van der Waals surface area contributed by atoms with E-state index >= 15 is 0 Å². The largest absolute Gasteiger partial charge is 0.350 e. The number of nitrogens with zero attached hydrogens (tertiary/aromatic N) is 2. The number of benzene rings is 1. The van der Waals surface area contributed by atoms with E-state index in [-0.39, 0.29) is 23.9 Å². The number of aryl methyl sites for hydroxylation is 1. The summed E-state index contributed by atoms with van der Waals surface area (Å²) in [6.45, 7) is 12.3. The second kappa shape index (κ2) is 8.91. The van der Waals surface area contributed by atoms with E-state index < -0.39 is 0 Å². The summed E-state index contributed by atoms with van der Waals surface area (Å²) >= 11 is 0. The second-order valence-corrected chi connectivity index (χ2v) is 7.98. The number of para-hydroxylation sites is 1. The van der Waals surface area contributed by atoms with Crippen molar-refractivity contribution in [2.45, 2.75) is 47.1 Å². The summed E-state index contributed by atoms with van der Waals surface area (Å²) in [5.74, 6) is -0.325. The highest BCUT2D eigenvalue weighted by Crippen LogP contribution is 2.21. The van der Waals surface area contributed by atoms with Crippen molar-refractivity contribution < 1.29 is 9.59 Å². The first kappa shape index (κ1) is 21.5. The molecule has 0 saturated carbocycles. The van der Waals surface area contributed by atoms with Crippen LogP contribution in [0.1, 0.15) is 44.6 Å². The molecule has 0 radical (unpaired) electrons. The Balaban J connectivity index is 2.14. The van der Waals surface area contributed by atoms with Crippen LogP contribution in [0.4, 0.5) is 0 Å². The maximum atomic E-state index is 12.6. The summed E-state index contributed by atoms with van der Waals surface area (Å²) in [4.78, 5) is 26.2. The minimum absolute atomic E-state index is 0.0555. The molecule has 150 valence electrons. The summed E-state index contributed by atoms with van der Waals surface area (Å²) in [5, 5.41) is 2.89. The van der Waals surface area contributed by atoms with Gasteiger partial charge < -0.3 is 14.8 Å². The summed E-state index contributed by atoms with van der Waals surface area (Å²) in [5.41, 5.74) is 3.95. The third-order valence-corrected chi connectivity index (χ3v) is 4.43. The highest BCUT2D eigenvalue weighted by Gasteiger charge is 2.18. The fourth-order valence-corrected chi connectivity index (χ4v) is 3.17. The molecule has 5 nitrogen and oxygen atoms in total. The smallest absolute Gasteiger partial charge is 0.247 e. The molecule has 1 N–H and O–H groups in total. The van der Waals surface area contributed by atoms with Gasteiger partial charge in [-0.05, 0) is 71.4 Å². The molecule has 0 aliphatic rings. The van der Waals surface area contributed by atoms with Crippen molar-refractivity contribution in [2.24, 2.45) is 0 Å². The van der Waals surface area contributed by atoms with Gasteiger partial charge in [0.05, 0.1) is 6.54 Å². The molecule has 1 heterocycles. The number of carbonyl (C=O) groups excluding carboxylic acids is 2. The molecule has 1 aromatic heterocycles. The number of amides is 2. The zero-order chi connectivity index (χ0) is 20.9. The number of carbonyl (C=O) groups is 2. The van der Waals surface area contributed by atoms with Gasteiger partial charge in [0.2, 0.25) is 11.8 Å². The van der Waals surface area contributed by atoms with Crippen LogP contribution in [0.3, 0.4) is 0 Å². The number of hydrogen-bond donors (Lipinski definition) is 1. The first-order valence-corrected chi connectivity index (χ1v) is 9.64. The average Bonchev–Trinajstić information content (AvgIpc) is 2.90. The van der Waals surface area contributed by atoms with E-state index in [2.05, 4.69) is 28.1 Å². The fraction of sp³-hybridized carbons (Fsp3) is 0.391. The molecule has 2 amide bonds. The monoisotopic (exact) mass is 381 g/mol. The van der Waals surface area contributed by atoms with E-state index in [1.54, 1.807) is 6.08 Å². The SMILES string of the molecule is CCN(CC(=O)NC(C)(C)C)C(=O)/C=C/c1cc(C)n(-c2ccccc2)c1C. The third kappa shape index (κ3) is 5.59. The first-order valence-electron chi connectivity index (χ1n) is 9.64. The van der Waals surface area contributed by atoms with Crippen LogP contribution >= 0.6 is 0 Å². The number of aromatic nitrogens is 1. The molecule has 2 rings (SSSR count). The molecule has 5 heteroatoms. The maximum Gasteiger partial charge on any atom is 0.247 e. The van der Waals surface area contributed by atoms with Gasteiger partial charge in [-0.15, -0.1) is 0 Å². The minimum atomic E-state index is -0.315. The lowest BCUT2D eigenvalue weighted by atomic mass is 10.1. The third-order valence-electron chi connectivity index (χ3n) is 4.43. The molecule has 0 fully saturated rings. The second-order valence-electron chi connectivity index (χ2n) is 7.98. The van der Waals surface area contributed by atoms with Gasteiger partial charge in [-0.2, -0.15) is 0 Å². The first-order chi connectivity index (χ1) is 13.1. The maximum absolute atomic E-state index is 12.6. The Labute approximate surface area is 168 Å². The van der Waals surface area contributed by atoms with E-state index in [9.17, 15) is 9.59 Å². The molecule has 0 saturated heterocycles. The van der Waals surface area contributed by atoms with E-state index in [0.29, 0.717) is 6.54 Å².